The third-order valence-corrected chi connectivity index (χ3v) is 4.79. The van der Waals surface area contributed by atoms with E-state index >= 15 is 0 Å². The number of fused-ring (bicyclic) bond motifs is 1. The highest BCUT2D eigenvalue weighted by atomic mass is 32.2. The molecule has 0 unspecified atom stereocenters. The minimum atomic E-state index is -0.170. The zero-order chi connectivity index (χ0) is 12.1. The molecule has 0 saturated carbocycles. The van der Waals surface area contributed by atoms with Gasteiger partial charge in [-0.25, -0.2) is 4.79 Å². The summed E-state index contributed by atoms with van der Waals surface area (Å²) in [5.74, 6) is 3.44. The molecule has 1 aliphatic heterocycles. The first-order valence-corrected chi connectivity index (χ1v) is 7.76. The SMILES string of the molecule is CNC(=O)Nc1ccc2c(c1)CSCCCS2. The highest BCUT2D eigenvalue weighted by Gasteiger charge is 2.09. The van der Waals surface area contributed by atoms with Crippen molar-refractivity contribution in [1.82, 2.24) is 5.32 Å². The predicted octanol–water partition coefficient (Wildman–Crippen LogP) is 3.17. The average Bonchev–Trinajstić information content (AvgIpc) is 2.31. The van der Waals surface area contributed by atoms with E-state index in [9.17, 15) is 4.79 Å². The lowest BCUT2D eigenvalue weighted by Crippen LogP contribution is -2.24. The Balaban J connectivity index is 2.16. The lowest BCUT2D eigenvalue weighted by molar-refractivity contribution is 0.254. The van der Waals surface area contributed by atoms with Gasteiger partial charge >= 0.3 is 6.03 Å². The van der Waals surface area contributed by atoms with Gasteiger partial charge in [-0.05, 0) is 41.7 Å². The molecule has 2 N–H and O–H groups in total. The van der Waals surface area contributed by atoms with Crippen LogP contribution in [-0.4, -0.2) is 24.6 Å². The summed E-state index contributed by atoms with van der Waals surface area (Å²) in [7, 11) is 1.62. The molecule has 0 spiro atoms. The fourth-order valence-corrected chi connectivity index (χ4v) is 3.84. The summed E-state index contributed by atoms with van der Waals surface area (Å²) >= 11 is 3.88. The van der Waals surface area contributed by atoms with Crippen LogP contribution in [0, 0.1) is 0 Å². The Morgan fingerprint density at radius 1 is 1.35 bits per heavy atom. The van der Waals surface area contributed by atoms with E-state index in [2.05, 4.69) is 22.8 Å². The van der Waals surface area contributed by atoms with E-state index in [1.807, 2.05) is 29.6 Å². The highest BCUT2D eigenvalue weighted by molar-refractivity contribution is 8.00. The summed E-state index contributed by atoms with van der Waals surface area (Å²) < 4.78 is 0. The van der Waals surface area contributed by atoms with Crippen LogP contribution in [0.25, 0.3) is 0 Å². The molecule has 1 aromatic rings. The molecule has 2 rings (SSSR count). The minimum Gasteiger partial charge on any atom is -0.341 e. The fourth-order valence-electron chi connectivity index (χ4n) is 1.63. The molecule has 5 heteroatoms. The molecule has 1 aliphatic rings. The van der Waals surface area contributed by atoms with Gasteiger partial charge in [0, 0.05) is 23.4 Å². The molecule has 0 aliphatic carbocycles. The van der Waals surface area contributed by atoms with E-state index in [0.29, 0.717) is 0 Å². The normalized spacial score (nSPS) is 15.4. The van der Waals surface area contributed by atoms with Gasteiger partial charge in [0.2, 0.25) is 0 Å². The van der Waals surface area contributed by atoms with Crippen LogP contribution in [-0.2, 0) is 5.75 Å². The molecule has 2 amide bonds. The van der Waals surface area contributed by atoms with Crippen molar-refractivity contribution in [2.75, 3.05) is 23.9 Å². The molecule has 1 aromatic carbocycles. The molecule has 0 bridgehead atoms. The maximum Gasteiger partial charge on any atom is 0.318 e. The Kier molecular flexibility index (Phi) is 4.62. The standard InChI is InChI=1S/C12H16N2OS2/c1-13-12(15)14-10-3-4-11-9(7-10)8-16-5-2-6-17-11/h3-4,7H,2,5-6,8H2,1H3,(H2,13,14,15). The first-order valence-electron chi connectivity index (χ1n) is 5.62. The second-order valence-corrected chi connectivity index (χ2v) is 6.02. The van der Waals surface area contributed by atoms with Gasteiger partial charge in [-0.1, -0.05) is 0 Å². The van der Waals surface area contributed by atoms with Gasteiger partial charge in [-0.15, -0.1) is 11.8 Å². The minimum absolute atomic E-state index is 0.170. The lowest BCUT2D eigenvalue weighted by Gasteiger charge is -2.14. The molecule has 0 atom stereocenters. The van der Waals surface area contributed by atoms with Crippen LogP contribution in [0.3, 0.4) is 0 Å². The second-order valence-electron chi connectivity index (χ2n) is 3.78. The van der Waals surface area contributed by atoms with Crippen molar-refractivity contribution < 1.29 is 4.79 Å². The molecule has 0 radical (unpaired) electrons. The Hall–Kier alpha value is -0.810. The average molecular weight is 268 g/mol. The van der Waals surface area contributed by atoms with Crippen LogP contribution in [0.2, 0.25) is 0 Å². The van der Waals surface area contributed by atoms with Crippen molar-refractivity contribution in [3.8, 4) is 0 Å². The van der Waals surface area contributed by atoms with Crippen LogP contribution in [0.15, 0.2) is 23.1 Å². The molecule has 1 heterocycles. The number of anilines is 1. The summed E-state index contributed by atoms with van der Waals surface area (Å²) in [6.07, 6.45) is 1.27. The number of hydrogen-bond acceptors (Lipinski definition) is 3. The Morgan fingerprint density at radius 2 is 2.24 bits per heavy atom. The number of urea groups is 1. The van der Waals surface area contributed by atoms with Crippen LogP contribution in [0.4, 0.5) is 10.5 Å². The number of hydrogen-bond donors (Lipinski definition) is 2. The maximum atomic E-state index is 11.2. The van der Waals surface area contributed by atoms with Gasteiger partial charge < -0.3 is 10.6 Å². The number of thioether (sulfide) groups is 2. The van der Waals surface area contributed by atoms with Crippen LogP contribution in [0.5, 0.6) is 0 Å². The van der Waals surface area contributed by atoms with Gasteiger partial charge in [0.15, 0.2) is 0 Å². The maximum absolute atomic E-state index is 11.2. The van der Waals surface area contributed by atoms with Crippen molar-refractivity contribution >= 4 is 35.2 Å². The molecule has 92 valence electrons. The summed E-state index contributed by atoms with van der Waals surface area (Å²) in [6.45, 7) is 0. The van der Waals surface area contributed by atoms with Crippen LogP contribution < -0.4 is 10.6 Å². The number of rotatable bonds is 1. The van der Waals surface area contributed by atoms with E-state index < -0.39 is 0 Å². The Bertz CT molecular complexity index is 409. The first-order chi connectivity index (χ1) is 8.29. The van der Waals surface area contributed by atoms with E-state index in [1.54, 1.807) is 7.05 Å². The van der Waals surface area contributed by atoms with Crippen molar-refractivity contribution in [2.24, 2.45) is 0 Å². The molecule has 0 saturated heterocycles. The second kappa shape index (κ2) is 6.21. The molecule has 17 heavy (non-hydrogen) atoms. The molecular formula is C12H16N2OS2. The number of amides is 2. The van der Waals surface area contributed by atoms with Gasteiger partial charge in [0.25, 0.3) is 0 Å². The monoisotopic (exact) mass is 268 g/mol. The lowest BCUT2D eigenvalue weighted by atomic mass is 10.2. The quantitative estimate of drug-likeness (QED) is 0.822. The van der Waals surface area contributed by atoms with Crippen LogP contribution in [0.1, 0.15) is 12.0 Å². The number of benzene rings is 1. The van der Waals surface area contributed by atoms with Gasteiger partial charge in [-0.2, -0.15) is 11.8 Å². The first kappa shape index (κ1) is 12.6. The third-order valence-electron chi connectivity index (χ3n) is 2.49. The van der Waals surface area contributed by atoms with E-state index in [0.717, 1.165) is 11.4 Å². The van der Waals surface area contributed by atoms with E-state index in [4.69, 9.17) is 0 Å². The smallest absolute Gasteiger partial charge is 0.318 e. The summed E-state index contributed by atoms with van der Waals surface area (Å²) in [5.41, 5.74) is 2.19. The topological polar surface area (TPSA) is 41.1 Å². The molecule has 0 fully saturated rings. The number of carbonyl (C=O) groups excluding carboxylic acids is 1. The van der Waals surface area contributed by atoms with Crippen LogP contribution >= 0.6 is 23.5 Å². The number of nitrogens with one attached hydrogen (secondary N) is 2. The zero-order valence-corrected chi connectivity index (χ0v) is 11.4. The summed E-state index contributed by atoms with van der Waals surface area (Å²) in [6, 6.07) is 5.98. The van der Waals surface area contributed by atoms with Crippen molar-refractivity contribution in [3.05, 3.63) is 23.8 Å². The van der Waals surface area contributed by atoms with E-state index in [1.165, 1.54) is 28.4 Å². The molecular weight excluding hydrogens is 252 g/mol. The zero-order valence-electron chi connectivity index (χ0n) is 9.79. The van der Waals surface area contributed by atoms with Gasteiger partial charge in [-0.3, -0.25) is 0 Å². The van der Waals surface area contributed by atoms with Crippen molar-refractivity contribution in [3.63, 3.8) is 0 Å². The van der Waals surface area contributed by atoms with Crippen molar-refractivity contribution in [1.29, 1.82) is 0 Å². The fraction of sp³-hybridized carbons (Fsp3) is 0.417. The van der Waals surface area contributed by atoms with Gasteiger partial charge in [0.05, 0.1) is 0 Å². The van der Waals surface area contributed by atoms with Gasteiger partial charge in [0.1, 0.15) is 0 Å². The third kappa shape index (κ3) is 3.57. The predicted molar refractivity (Wildman–Crippen MR) is 76.0 cm³/mol. The molecule has 0 aromatic heterocycles. The van der Waals surface area contributed by atoms with E-state index in [-0.39, 0.29) is 6.03 Å². The van der Waals surface area contributed by atoms with Crippen molar-refractivity contribution in [2.45, 2.75) is 17.1 Å². The Morgan fingerprint density at radius 3 is 3.06 bits per heavy atom. The highest BCUT2D eigenvalue weighted by Crippen LogP contribution is 2.31. The molecule has 3 nitrogen and oxygen atoms in total. The number of carbonyl (C=O) groups is 1. The summed E-state index contributed by atoms with van der Waals surface area (Å²) in [4.78, 5) is 12.6. The summed E-state index contributed by atoms with van der Waals surface area (Å²) in [5, 5.41) is 5.36. The Labute approximate surface area is 110 Å². The largest absolute Gasteiger partial charge is 0.341 e.